The van der Waals surface area contributed by atoms with Crippen LogP contribution in [0.5, 0.6) is 5.75 Å². The highest BCUT2D eigenvalue weighted by Gasteiger charge is 2.10. The summed E-state index contributed by atoms with van der Waals surface area (Å²) in [5.41, 5.74) is 1.81. The van der Waals surface area contributed by atoms with Gasteiger partial charge in [0.25, 0.3) is 0 Å². The topological polar surface area (TPSA) is 35.3 Å². The molecular weight excluding hydrogens is 305 g/mol. The van der Waals surface area contributed by atoms with Crippen molar-refractivity contribution >= 4 is 27.5 Å². The lowest BCUT2D eigenvalue weighted by Gasteiger charge is -2.07. The molecule has 0 N–H and O–H groups in total. The van der Waals surface area contributed by atoms with Gasteiger partial charge in [0.05, 0.1) is 16.3 Å². The molecular formula is C12H11BrClNO2. The van der Waals surface area contributed by atoms with Gasteiger partial charge in [0.2, 0.25) is 0 Å². The summed E-state index contributed by atoms with van der Waals surface area (Å²) in [6.45, 7) is 4.16. The molecule has 90 valence electrons. The van der Waals surface area contributed by atoms with Crippen LogP contribution in [-0.4, -0.2) is 5.16 Å². The average molecular weight is 317 g/mol. The Morgan fingerprint density at radius 2 is 2.18 bits per heavy atom. The maximum Gasteiger partial charge on any atom is 0.140 e. The van der Waals surface area contributed by atoms with Crippen molar-refractivity contribution in [3.63, 3.8) is 0 Å². The highest BCUT2D eigenvalue weighted by atomic mass is 79.9. The third-order valence-corrected chi connectivity index (χ3v) is 3.24. The first kappa shape index (κ1) is 12.5. The summed E-state index contributed by atoms with van der Waals surface area (Å²) < 4.78 is 11.6. The largest absolute Gasteiger partial charge is 0.487 e. The zero-order chi connectivity index (χ0) is 12.4. The van der Waals surface area contributed by atoms with Gasteiger partial charge in [-0.3, -0.25) is 0 Å². The van der Waals surface area contributed by atoms with Crippen LogP contribution in [0.25, 0.3) is 0 Å². The van der Waals surface area contributed by atoms with Gasteiger partial charge < -0.3 is 9.26 Å². The van der Waals surface area contributed by atoms with Gasteiger partial charge in [0.15, 0.2) is 0 Å². The van der Waals surface area contributed by atoms with Crippen LogP contribution >= 0.6 is 27.5 Å². The third kappa shape index (κ3) is 2.82. The first-order valence-electron chi connectivity index (χ1n) is 5.07. The Kier molecular flexibility index (Phi) is 3.74. The maximum atomic E-state index is 6.06. The predicted octanol–water partition coefficient (Wildman–Crippen LogP) is 4.29. The van der Waals surface area contributed by atoms with Gasteiger partial charge in [0.1, 0.15) is 18.1 Å². The molecule has 0 radical (unpaired) electrons. The maximum absolute atomic E-state index is 6.06. The standard InChI is InChI=1S/C12H11BrClNO2/c1-7-10(8(2)17-15-7)6-16-12-4-3-9(13)5-11(12)14/h3-5H,6H2,1-2H3. The van der Waals surface area contributed by atoms with Crippen molar-refractivity contribution in [2.24, 2.45) is 0 Å². The first-order chi connectivity index (χ1) is 8.08. The molecule has 0 spiro atoms. The van der Waals surface area contributed by atoms with Crippen LogP contribution < -0.4 is 4.74 Å². The fourth-order valence-corrected chi connectivity index (χ4v) is 2.18. The molecule has 1 aromatic heterocycles. The van der Waals surface area contributed by atoms with Crippen LogP contribution in [0.3, 0.4) is 0 Å². The van der Waals surface area contributed by atoms with E-state index in [4.69, 9.17) is 20.9 Å². The minimum absolute atomic E-state index is 0.405. The Bertz CT molecular complexity index is 520. The van der Waals surface area contributed by atoms with E-state index >= 15 is 0 Å². The quantitative estimate of drug-likeness (QED) is 0.847. The average Bonchev–Trinajstić information content (AvgIpc) is 2.58. The second-order valence-corrected chi connectivity index (χ2v) is 4.99. The molecule has 0 atom stereocenters. The first-order valence-corrected chi connectivity index (χ1v) is 6.24. The number of nitrogens with zero attached hydrogens (tertiary/aromatic N) is 1. The normalized spacial score (nSPS) is 10.6. The van der Waals surface area contributed by atoms with E-state index in [9.17, 15) is 0 Å². The van der Waals surface area contributed by atoms with Gasteiger partial charge in [-0.25, -0.2) is 0 Å². The Labute approximate surface area is 113 Å². The molecule has 0 saturated carbocycles. The van der Waals surface area contributed by atoms with E-state index in [1.54, 1.807) is 6.07 Å². The van der Waals surface area contributed by atoms with E-state index in [2.05, 4.69) is 21.1 Å². The molecule has 0 aliphatic heterocycles. The van der Waals surface area contributed by atoms with Crippen molar-refractivity contribution in [3.05, 3.63) is 44.7 Å². The number of ether oxygens (including phenoxy) is 1. The summed E-state index contributed by atoms with van der Waals surface area (Å²) in [5.74, 6) is 1.42. The van der Waals surface area contributed by atoms with Crippen LogP contribution in [0.4, 0.5) is 0 Å². The molecule has 0 unspecified atom stereocenters. The molecule has 1 heterocycles. The molecule has 2 aromatic rings. The predicted molar refractivity (Wildman–Crippen MR) is 69.5 cm³/mol. The zero-order valence-electron chi connectivity index (χ0n) is 9.46. The van der Waals surface area contributed by atoms with E-state index in [0.29, 0.717) is 17.4 Å². The molecule has 0 bridgehead atoms. The second kappa shape index (κ2) is 5.10. The molecule has 0 amide bonds. The number of rotatable bonds is 3. The Hall–Kier alpha value is -1.000. The van der Waals surface area contributed by atoms with Crippen molar-refractivity contribution in [2.45, 2.75) is 20.5 Å². The van der Waals surface area contributed by atoms with E-state index < -0.39 is 0 Å². The van der Waals surface area contributed by atoms with E-state index in [1.165, 1.54) is 0 Å². The lowest BCUT2D eigenvalue weighted by atomic mass is 10.2. The zero-order valence-corrected chi connectivity index (χ0v) is 11.8. The summed E-state index contributed by atoms with van der Waals surface area (Å²) in [4.78, 5) is 0. The number of hydrogen-bond acceptors (Lipinski definition) is 3. The highest BCUT2D eigenvalue weighted by molar-refractivity contribution is 9.10. The molecule has 0 fully saturated rings. The van der Waals surface area contributed by atoms with Crippen LogP contribution in [0.1, 0.15) is 17.0 Å². The molecule has 2 rings (SSSR count). The molecule has 0 saturated heterocycles. The van der Waals surface area contributed by atoms with Crippen LogP contribution in [0.15, 0.2) is 27.2 Å². The molecule has 0 aliphatic rings. The summed E-state index contributed by atoms with van der Waals surface area (Å²) in [6, 6.07) is 5.50. The summed E-state index contributed by atoms with van der Waals surface area (Å²) in [7, 11) is 0. The fraction of sp³-hybridized carbons (Fsp3) is 0.250. The van der Waals surface area contributed by atoms with Crippen LogP contribution in [0, 0.1) is 13.8 Å². The Morgan fingerprint density at radius 3 is 2.76 bits per heavy atom. The van der Waals surface area contributed by atoms with Crippen LogP contribution in [0.2, 0.25) is 5.02 Å². The molecule has 5 heteroatoms. The SMILES string of the molecule is Cc1noc(C)c1COc1ccc(Br)cc1Cl. The van der Waals surface area contributed by atoms with Gasteiger partial charge in [-0.15, -0.1) is 0 Å². The molecule has 0 aliphatic carbocycles. The van der Waals surface area contributed by atoms with Crippen molar-refractivity contribution in [3.8, 4) is 5.75 Å². The van der Waals surface area contributed by atoms with Gasteiger partial charge in [-0.2, -0.15) is 0 Å². The molecule has 1 aromatic carbocycles. The smallest absolute Gasteiger partial charge is 0.140 e. The second-order valence-electron chi connectivity index (χ2n) is 3.67. The van der Waals surface area contributed by atoms with Crippen molar-refractivity contribution in [1.29, 1.82) is 0 Å². The van der Waals surface area contributed by atoms with Gasteiger partial charge in [-0.1, -0.05) is 32.7 Å². The van der Waals surface area contributed by atoms with Crippen molar-refractivity contribution in [2.75, 3.05) is 0 Å². The lowest BCUT2D eigenvalue weighted by Crippen LogP contribution is -1.98. The summed E-state index contributed by atoms with van der Waals surface area (Å²) >= 11 is 9.40. The van der Waals surface area contributed by atoms with Crippen LogP contribution in [-0.2, 0) is 6.61 Å². The monoisotopic (exact) mass is 315 g/mol. The number of aryl methyl sites for hydroxylation is 2. The minimum atomic E-state index is 0.405. The highest BCUT2D eigenvalue weighted by Crippen LogP contribution is 2.28. The van der Waals surface area contributed by atoms with Gasteiger partial charge in [0, 0.05) is 4.47 Å². The Balaban J connectivity index is 2.13. The summed E-state index contributed by atoms with van der Waals surface area (Å²) in [5, 5.41) is 4.44. The van der Waals surface area contributed by atoms with Gasteiger partial charge >= 0.3 is 0 Å². The van der Waals surface area contributed by atoms with Gasteiger partial charge in [-0.05, 0) is 32.0 Å². The summed E-state index contributed by atoms with van der Waals surface area (Å²) in [6.07, 6.45) is 0. The number of aromatic nitrogens is 1. The van der Waals surface area contributed by atoms with E-state index in [0.717, 1.165) is 21.5 Å². The molecule has 3 nitrogen and oxygen atoms in total. The van der Waals surface area contributed by atoms with Crippen molar-refractivity contribution in [1.82, 2.24) is 5.16 Å². The number of halogens is 2. The Morgan fingerprint density at radius 1 is 1.41 bits per heavy atom. The van der Waals surface area contributed by atoms with E-state index in [-0.39, 0.29) is 0 Å². The van der Waals surface area contributed by atoms with Crippen molar-refractivity contribution < 1.29 is 9.26 Å². The number of benzene rings is 1. The third-order valence-electron chi connectivity index (χ3n) is 2.45. The molecule has 17 heavy (non-hydrogen) atoms. The lowest BCUT2D eigenvalue weighted by molar-refractivity contribution is 0.302. The minimum Gasteiger partial charge on any atom is -0.487 e. The van der Waals surface area contributed by atoms with E-state index in [1.807, 2.05) is 26.0 Å². The fourth-order valence-electron chi connectivity index (χ4n) is 1.45. The number of hydrogen-bond donors (Lipinski definition) is 0.